The third-order valence-corrected chi connectivity index (χ3v) is 7.09. The number of amides is 1. The van der Waals surface area contributed by atoms with E-state index in [2.05, 4.69) is 9.88 Å². The third-order valence-electron chi connectivity index (χ3n) is 7.09. The van der Waals surface area contributed by atoms with Gasteiger partial charge in [0.05, 0.1) is 5.56 Å². The molecule has 0 bridgehead atoms. The van der Waals surface area contributed by atoms with Gasteiger partial charge in [0.2, 0.25) is 6.10 Å². The lowest BCUT2D eigenvalue weighted by atomic mass is 10.0. The van der Waals surface area contributed by atoms with Crippen molar-refractivity contribution >= 4 is 11.7 Å². The molecule has 0 N–H and O–H groups in total. The van der Waals surface area contributed by atoms with Crippen molar-refractivity contribution in [3.63, 3.8) is 0 Å². The molecule has 7 nitrogen and oxygen atoms in total. The second kappa shape index (κ2) is 9.56. The van der Waals surface area contributed by atoms with E-state index in [1.165, 1.54) is 6.07 Å². The number of anilines is 1. The summed E-state index contributed by atoms with van der Waals surface area (Å²) in [5, 5.41) is 0. The molecule has 0 unspecified atom stereocenters. The van der Waals surface area contributed by atoms with E-state index >= 15 is 0 Å². The standard InChI is InChI=1S/C25H29F3N4O3/c1-17-23(35-21-5-3-2-4-20(21)34-17)24(33)32-10-8-19(9-11-32)30-12-14-31(15-13-30)22-7-6-18(16-29-22)25(26,27)28/h2-7,16-17,19,23H,8-15H2,1H3/t17-,23-/m1/s1. The molecule has 1 amide bonds. The Bertz CT molecular complexity index is 1030. The molecule has 0 radical (unpaired) electrons. The maximum atomic E-state index is 13.2. The molecule has 2 fully saturated rings. The van der Waals surface area contributed by atoms with Crippen LogP contribution in [0, 0.1) is 0 Å². The molecule has 5 rings (SSSR count). The second-order valence-electron chi connectivity index (χ2n) is 9.29. The largest absolute Gasteiger partial charge is 0.482 e. The van der Waals surface area contributed by atoms with Crippen LogP contribution in [0.25, 0.3) is 0 Å². The predicted molar refractivity (Wildman–Crippen MR) is 124 cm³/mol. The number of piperazine rings is 1. The smallest absolute Gasteiger partial charge is 0.417 e. The van der Waals surface area contributed by atoms with E-state index in [9.17, 15) is 18.0 Å². The molecule has 4 heterocycles. The van der Waals surface area contributed by atoms with Crippen LogP contribution in [0.2, 0.25) is 0 Å². The van der Waals surface area contributed by atoms with Gasteiger partial charge in [0.25, 0.3) is 5.91 Å². The van der Waals surface area contributed by atoms with Gasteiger partial charge in [-0.1, -0.05) is 12.1 Å². The summed E-state index contributed by atoms with van der Waals surface area (Å²) in [5.41, 5.74) is -0.731. The Labute approximate surface area is 202 Å². The number of rotatable bonds is 3. The summed E-state index contributed by atoms with van der Waals surface area (Å²) >= 11 is 0. The highest BCUT2D eigenvalue weighted by Gasteiger charge is 2.39. The van der Waals surface area contributed by atoms with Crippen LogP contribution in [0.3, 0.4) is 0 Å². The van der Waals surface area contributed by atoms with Gasteiger partial charge < -0.3 is 19.3 Å². The maximum absolute atomic E-state index is 13.2. The van der Waals surface area contributed by atoms with E-state index in [1.54, 1.807) is 0 Å². The van der Waals surface area contributed by atoms with E-state index in [0.717, 1.165) is 38.2 Å². The first-order valence-corrected chi connectivity index (χ1v) is 12.0. The zero-order chi connectivity index (χ0) is 24.6. The van der Waals surface area contributed by atoms with Crippen LogP contribution in [0.1, 0.15) is 25.3 Å². The van der Waals surface area contributed by atoms with Gasteiger partial charge in [0.1, 0.15) is 11.9 Å². The van der Waals surface area contributed by atoms with Gasteiger partial charge in [-0.05, 0) is 44.0 Å². The van der Waals surface area contributed by atoms with Gasteiger partial charge in [0, 0.05) is 51.5 Å². The zero-order valence-electron chi connectivity index (χ0n) is 19.6. The fraction of sp³-hybridized carbons (Fsp3) is 0.520. The number of likely N-dealkylation sites (tertiary alicyclic amines) is 1. The van der Waals surface area contributed by atoms with Gasteiger partial charge in [-0.25, -0.2) is 4.98 Å². The van der Waals surface area contributed by atoms with Gasteiger partial charge >= 0.3 is 6.18 Å². The highest BCUT2D eigenvalue weighted by molar-refractivity contribution is 5.82. The number of ether oxygens (including phenoxy) is 2. The number of alkyl halides is 3. The number of nitrogens with zero attached hydrogens (tertiary/aromatic N) is 4. The molecule has 0 spiro atoms. The minimum absolute atomic E-state index is 0.0383. The topological polar surface area (TPSA) is 58.1 Å². The zero-order valence-corrected chi connectivity index (χ0v) is 19.6. The van der Waals surface area contributed by atoms with Crippen molar-refractivity contribution in [2.24, 2.45) is 0 Å². The van der Waals surface area contributed by atoms with Gasteiger partial charge in [0.15, 0.2) is 11.5 Å². The molecule has 2 aromatic rings. The van der Waals surface area contributed by atoms with Gasteiger partial charge in [-0.3, -0.25) is 9.69 Å². The predicted octanol–water partition coefficient (Wildman–Crippen LogP) is 3.44. The summed E-state index contributed by atoms with van der Waals surface area (Å²) in [6.45, 7) is 6.24. The van der Waals surface area contributed by atoms with Crippen molar-refractivity contribution in [2.75, 3.05) is 44.2 Å². The Morgan fingerprint density at radius 2 is 1.60 bits per heavy atom. The minimum atomic E-state index is -4.38. The SMILES string of the molecule is C[C@H]1Oc2ccccc2O[C@H]1C(=O)N1CCC(N2CCN(c3ccc(C(F)(F)F)cn3)CC2)CC1. The maximum Gasteiger partial charge on any atom is 0.417 e. The number of fused-ring (bicyclic) bond motifs is 1. The fourth-order valence-corrected chi connectivity index (χ4v) is 5.08. The number of carbonyl (C=O) groups is 1. The number of pyridine rings is 1. The fourth-order valence-electron chi connectivity index (χ4n) is 5.08. The van der Waals surface area contributed by atoms with Crippen molar-refractivity contribution in [1.82, 2.24) is 14.8 Å². The number of halogens is 3. The van der Waals surface area contributed by atoms with E-state index in [1.807, 2.05) is 41.0 Å². The number of piperidine rings is 1. The molecule has 35 heavy (non-hydrogen) atoms. The Morgan fingerprint density at radius 1 is 0.943 bits per heavy atom. The van der Waals surface area contributed by atoms with E-state index < -0.39 is 17.8 Å². The second-order valence-corrected chi connectivity index (χ2v) is 9.29. The van der Waals surface area contributed by atoms with Crippen molar-refractivity contribution in [3.8, 4) is 11.5 Å². The molecule has 0 aliphatic carbocycles. The lowest BCUT2D eigenvalue weighted by Gasteiger charge is -2.44. The van der Waals surface area contributed by atoms with Gasteiger partial charge in [-0.2, -0.15) is 13.2 Å². The van der Waals surface area contributed by atoms with E-state index in [0.29, 0.717) is 49.5 Å². The average molecular weight is 491 g/mol. The summed E-state index contributed by atoms with van der Waals surface area (Å²) in [5.74, 6) is 1.79. The van der Waals surface area contributed by atoms with Crippen LogP contribution in [0.5, 0.6) is 11.5 Å². The van der Waals surface area contributed by atoms with Crippen LogP contribution in [0.4, 0.5) is 19.0 Å². The first kappa shape index (κ1) is 23.7. The Hall–Kier alpha value is -3.01. The van der Waals surface area contributed by atoms with Crippen LogP contribution >= 0.6 is 0 Å². The Kier molecular flexibility index (Phi) is 6.48. The van der Waals surface area contributed by atoms with Crippen LogP contribution in [0.15, 0.2) is 42.6 Å². The number of carbonyl (C=O) groups excluding carboxylic acids is 1. The van der Waals surface area contributed by atoms with Crippen LogP contribution in [-0.2, 0) is 11.0 Å². The lowest BCUT2D eigenvalue weighted by molar-refractivity contribution is -0.146. The van der Waals surface area contributed by atoms with Crippen LogP contribution < -0.4 is 14.4 Å². The monoisotopic (exact) mass is 490 g/mol. The summed E-state index contributed by atoms with van der Waals surface area (Å²) in [6, 6.07) is 10.3. The van der Waals surface area contributed by atoms with Crippen molar-refractivity contribution < 1.29 is 27.4 Å². The number of hydrogen-bond acceptors (Lipinski definition) is 6. The quantitative estimate of drug-likeness (QED) is 0.657. The number of hydrogen-bond donors (Lipinski definition) is 0. The highest BCUT2D eigenvalue weighted by atomic mass is 19.4. The molecular weight excluding hydrogens is 461 g/mol. The first-order chi connectivity index (χ1) is 16.8. The van der Waals surface area contributed by atoms with Gasteiger partial charge in [-0.15, -0.1) is 0 Å². The van der Waals surface area contributed by atoms with Crippen molar-refractivity contribution in [1.29, 1.82) is 0 Å². The van der Waals surface area contributed by atoms with Crippen molar-refractivity contribution in [2.45, 2.75) is 44.2 Å². The molecule has 3 aliphatic heterocycles. The summed E-state index contributed by atoms with van der Waals surface area (Å²) in [6.07, 6.45) is -2.73. The number of benzene rings is 1. The molecule has 2 saturated heterocycles. The molecule has 188 valence electrons. The average Bonchev–Trinajstić information content (AvgIpc) is 2.88. The number of aromatic nitrogens is 1. The van der Waals surface area contributed by atoms with Crippen LogP contribution in [-0.4, -0.2) is 78.2 Å². The Morgan fingerprint density at radius 3 is 2.20 bits per heavy atom. The molecule has 1 aromatic heterocycles. The summed E-state index contributed by atoms with van der Waals surface area (Å²) < 4.78 is 50.2. The summed E-state index contributed by atoms with van der Waals surface area (Å²) in [4.78, 5) is 23.5. The molecular formula is C25H29F3N4O3. The molecule has 0 saturated carbocycles. The van der Waals surface area contributed by atoms with E-state index in [-0.39, 0.29) is 12.0 Å². The minimum Gasteiger partial charge on any atom is -0.482 e. The lowest BCUT2D eigenvalue weighted by Crippen LogP contribution is -2.56. The molecule has 1 aromatic carbocycles. The first-order valence-electron chi connectivity index (χ1n) is 12.0. The molecule has 2 atom stereocenters. The third kappa shape index (κ3) is 5.03. The molecule has 10 heteroatoms. The number of para-hydroxylation sites is 2. The Balaban J connectivity index is 1.11. The summed E-state index contributed by atoms with van der Waals surface area (Å²) in [7, 11) is 0. The molecule has 3 aliphatic rings. The normalized spacial score (nSPS) is 23.9. The highest BCUT2D eigenvalue weighted by Crippen LogP contribution is 2.34. The van der Waals surface area contributed by atoms with Crippen molar-refractivity contribution in [3.05, 3.63) is 48.2 Å². The van der Waals surface area contributed by atoms with E-state index in [4.69, 9.17) is 9.47 Å².